The molecule has 0 saturated carbocycles. The van der Waals surface area contributed by atoms with E-state index in [1.807, 2.05) is 36.4 Å². The number of nitrogens with zero attached hydrogens (tertiary/aromatic N) is 6. The van der Waals surface area contributed by atoms with Gasteiger partial charge in [0.2, 0.25) is 9.84 Å². The lowest BCUT2D eigenvalue weighted by Crippen LogP contribution is -2.46. The average Bonchev–Trinajstić information content (AvgIpc) is 3.74. The number of hydrogen-bond donors (Lipinski definition) is 2. The Balaban J connectivity index is 0.000000169. The molecule has 2 aliphatic rings. The molecule has 0 radical (unpaired) electrons. The Morgan fingerprint density at radius 1 is 0.525 bits per heavy atom. The number of sulfone groups is 2. The summed E-state index contributed by atoms with van der Waals surface area (Å²) < 4.78 is 51.7. The van der Waals surface area contributed by atoms with Gasteiger partial charge in [0.25, 0.3) is 0 Å². The molecule has 314 valence electrons. The first-order valence-electron chi connectivity index (χ1n) is 20.5. The number of aromatic nitrogens is 3. The van der Waals surface area contributed by atoms with Crippen LogP contribution in [0.5, 0.6) is 0 Å². The third-order valence-corrected chi connectivity index (χ3v) is 14.6. The fourth-order valence-corrected chi connectivity index (χ4v) is 10.4. The summed E-state index contributed by atoms with van der Waals surface area (Å²) in [4.78, 5) is 22.5. The van der Waals surface area contributed by atoms with Gasteiger partial charge in [-0.25, -0.2) is 26.8 Å². The standard InChI is InChI=1S/C24H24N4O2S.C23H26N4O2S/c29-31(30,20-9-5-2-6-10-20)22-17-25-21-11-12-23(26-24(21)22)28-15-13-27(14-16-28)18-19-7-3-1-4-8-19;24-21-11-12-23(25-22(21)18-30(28,29)20-9-5-2-6-10-20)27-15-13-26(14-16-27)17-19-7-3-1-4-8-19/h1-12,17,25H,13-16,18H2;1-12H,13-18,24H2. The fraction of sp³-hybridized carbons (Fsp3) is 0.234. The van der Waals surface area contributed by atoms with E-state index >= 15 is 0 Å². The summed E-state index contributed by atoms with van der Waals surface area (Å²) in [7, 11) is -7.13. The van der Waals surface area contributed by atoms with Gasteiger partial charge in [-0.15, -0.1) is 0 Å². The van der Waals surface area contributed by atoms with E-state index in [4.69, 9.17) is 10.7 Å². The molecule has 61 heavy (non-hydrogen) atoms. The van der Waals surface area contributed by atoms with Crippen molar-refractivity contribution in [1.82, 2.24) is 24.8 Å². The van der Waals surface area contributed by atoms with Gasteiger partial charge in [-0.1, -0.05) is 97.1 Å². The van der Waals surface area contributed by atoms with E-state index in [1.165, 1.54) is 11.1 Å². The minimum atomic E-state index is -3.63. The van der Waals surface area contributed by atoms with Crippen LogP contribution in [0.4, 0.5) is 17.3 Å². The summed E-state index contributed by atoms with van der Waals surface area (Å²) in [5.74, 6) is 1.39. The lowest BCUT2D eigenvalue weighted by molar-refractivity contribution is 0.249. The predicted octanol–water partition coefficient (Wildman–Crippen LogP) is 6.68. The molecule has 2 fully saturated rings. The summed E-state index contributed by atoms with van der Waals surface area (Å²) in [5, 5.41) is 0. The second kappa shape index (κ2) is 18.7. The van der Waals surface area contributed by atoms with Crippen molar-refractivity contribution in [3.8, 4) is 0 Å². The molecule has 0 bridgehead atoms. The summed E-state index contributed by atoms with van der Waals surface area (Å²) in [6.07, 6.45) is 1.54. The van der Waals surface area contributed by atoms with E-state index in [9.17, 15) is 16.8 Å². The van der Waals surface area contributed by atoms with Gasteiger partial charge >= 0.3 is 0 Å². The van der Waals surface area contributed by atoms with Crippen LogP contribution in [0.3, 0.4) is 0 Å². The van der Waals surface area contributed by atoms with Crippen LogP contribution in [0.1, 0.15) is 16.8 Å². The first-order valence-corrected chi connectivity index (χ1v) is 23.6. The third-order valence-electron chi connectivity index (χ3n) is 11.1. The predicted molar refractivity (Wildman–Crippen MR) is 242 cm³/mol. The first-order chi connectivity index (χ1) is 29.6. The molecule has 2 saturated heterocycles. The van der Waals surface area contributed by atoms with E-state index in [-0.39, 0.29) is 20.4 Å². The monoisotopic (exact) mass is 854 g/mol. The highest BCUT2D eigenvalue weighted by Crippen LogP contribution is 2.29. The maximum atomic E-state index is 13.1. The lowest BCUT2D eigenvalue weighted by Gasteiger charge is -2.35. The van der Waals surface area contributed by atoms with Crippen LogP contribution in [-0.4, -0.2) is 93.9 Å². The van der Waals surface area contributed by atoms with Crippen LogP contribution < -0.4 is 15.5 Å². The van der Waals surface area contributed by atoms with Gasteiger partial charge in [0.1, 0.15) is 22.0 Å². The van der Waals surface area contributed by atoms with Gasteiger partial charge in [-0.3, -0.25) is 9.80 Å². The van der Waals surface area contributed by atoms with E-state index in [0.717, 1.165) is 82.6 Å². The first kappa shape index (κ1) is 41.7. The maximum absolute atomic E-state index is 13.1. The number of anilines is 3. The second-order valence-corrected chi connectivity index (χ2v) is 19.2. The molecule has 12 nitrogen and oxygen atoms in total. The van der Waals surface area contributed by atoms with Crippen molar-refractivity contribution < 1.29 is 16.8 Å². The molecule has 0 atom stereocenters. The molecule has 7 aromatic rings. The number of hydrogen-bond acceptors (Lipinski definition) is 11. The van der Waals surface area contributed by atoms with E-state index in [0.29, 0.717) is 16.9 Å². The summed E-state index contributed by atoms with van der Waals surface area (Å²) >= 11 is 0. The van der Waals surface area contributed by atoms with Gasteiger partial charge in [-0.05, 0) is 59.7 Å². The van der Waals surface area contributed by atoms with Crippen LogP contribution >= 0.6 is 0 Å². The van der Waals surface area contributed by atoms with E-state index in [1.54, 1.807) is 66.9 Å². The Morgan fingerprint density at radius 2 is 0.984 bits per heavy atom. The van der Waals surface area contributed by atoms with Crippen molar-refractivity contribution in [2.75, 3.05) is 67.9 Å². The van der Waals surface area contributed by atoms with Crippen LogP contribution in [0.25, 0.3) is 11.0 Å². The number of pyridine rings is 2. The highest BCUT2D eigenvalue weighted by molar-refractivity contribution is 7.91. The second-order valence-electron chi connectivity index (χ2n) is 15.3. The van der Waals surface area contributed by atoms with Crippen molar-refractivity contribution in [1.29, 1.82) is 0 Å². The maximum Gasteiger partial charge on any atom is 0.210 e. The lowest BCUT2D eigenvalue weighted by atomic mass is 10.2. The normalized spacial score (nSPS) is 15.3. The van der Waals surface area contributed by atoms with Crippen LogP contribution in [0.2, 0.25) is 0 Å². The number of rotatable bonds is 11. The molecule has 0 aliphatic carbocycles. The molecular weight excluding hydrogens is 805 g/mol. The Bertz CT molecular complexity index is 2740. The molecular formula is C47H50N8O4S2. The molecule has 5 heterocycles. The molecule has 4 aromatic carbocycles. The Kier molecular flexibility index (Phi) is 12.8. The summed E-state index contributed by atoms with van der Waals surface area (Å²) in [6.45, 7) is 9.02. The summed E-state index contributed by atoms with van der Waals surface area (Å²) in [5.41, 5.74) is 10.7. The highest BCUT2D eigenvalue weighted by Gasteiger charge is 2.25. The SMILES string of the molecule is Nc1ccc(N2CCN(Cc3ccccc3)CC2)nc1CS(=O)(=O)c1ccccc1.O=S(=O)(c1ccccc1)c1c[nH]c2ccc(N3CCN(Cc4ccccc4)CC3)nc12. The Morgan fingerprint density at radius 3 is 1.51 bits per heavy atom. The van der Waals surface area contributed by atoms with Crippen molar-refractivity contribution in [2.45, 2.75) is 33.5 Å². The largest absolute Gasteiger partial charge is 0.397 e. The van der Waals surface area contributed by atoms with Crippen molar-refractivity contribution in [3.05, 3.63) is 169 Å². The van der Waals surface area contributed by atoms with Crippen LogP contribution in [0, 0.1) is 0 Å². The molecule has 14 heteroatoms. The smallest absolute Gasteiger partial charge is 0.210 e. The van der Waals surface area contributed by atoms with Gasteiger partial charge in [0, 0.05) is 71.6 Å². The van der Waals surface area contributed by atoms with Crippen LogP contribution in [0.15, 0.2) is 166 Å². The minimum Gasteiger partial charge on any atom is -0.397 e. The molecule has 3 N–H and O–H groups in total. The number of H-pyrrole nitrogens is 1. The average molecular weight is 855 g/mol. The fourth-order valence-electron chi connectivity index (χ4n) is 7.71. The third kappa shape index (κ3) is 10.1. The number of fused-ring (bicyclic) bond motifs is 1. The minimum absolute atomic E-state index is 0.204. The van der Waals surface area contributed by atoms with Crippen molar-refractivity contribution >= 4 is 48.0 Å². The van der Waals surface area contributed by atoms with E-state index < -0.39 is 19.7 Å². The molecule has 3 aromatic heterocycles. The number of nitrogen functional groups attached to an aromatic ring is 1. The number of benzene rings is 4. The van der Waals surface area contributed by atoms with Crippen molar-refractivity contribution in [3.63, 3.8) is 0 Å². The van der Waals surface area contributed by atoms with Gasteiger partial charge in [-0.2, -0.15) is 0 Å². The van der Waals surface area contributed by atoms with Gasteiger partial charge in [0.05, 0.1) is 32.4 Å². The van der Waals surface area contributed by atoms with Crippen molar-refractivity contribution in [2.24, 2.45) is 0 Å². The van der Waals surface area contributed by atoms with E-state index in [2.05, 4.69) is 78.1 Å². The topological polar surface area (TPSA) is 149 Å². The Labute approximate surface area is 358 Å². The number of nitrogens with one attached hydrogen (secondary N) is 1. The zero-order valence-electron chi connectivity index (χ0n) is 33.9. The van der Waals surface area contributed by atoms with Gasteiger partial charge in [0.15, 0.2) is 9.84 Å². The molecule has 2 aliphatic heterocycles. The number of piperazine rings is 2. The van der Waals surface area contributed by atoms with Gasteiger partial charge < -0.3 is 20.5 Å². The van der Waals surface area contributed by atoms with Crippen LogP contribution in [-0.2, 0) is 38.5 Å². The zero-order valence-corrected chi connectivity index (χ0v) is 35.6. The molecule has 0 amide bonds. The highest BCUT2D eigenvalue weighted by atomic mass is 32.2. The molecule has 9 rings (SSSR count). The zero-order chi connectivity index (χ0) is 42.2. The summed E-state index contributed by atoms with van der Waals surface area (Å²) in [6, 6.07) is 45.4. The Hall–Kier alpha value is -6.06. The number of aromatic amines is 1. The molecule has 0 spiro atoms. The molecule has 0 unspecified atom stereocenters. The quantitative estimate of drug-likeness (QED) is 0.144. The number of nitrogens with two attached hydrogens (primary N) is 1.